The van der Waals surface area contributed by atoms with Crippen LogP contribution in [0.1, 0.15) is 438 Å². The van der Waals surface area contributed by atoms with Crippen molar-refractivity contribution in [3.63, 3.8) is 0 Å². The van der Waals surface area contributed by atoms with Gasteiger partial charge in [0.2, 0.25) is 0 Å². The maximum atomic E-state index is 12.9. The molecule has 0 rings (SSSR count). The Kier molecular flexibility index (Phi) is 68.5. The number of rotatable bonds is 70. The van der Waals surface area contributed by atoms with E-state index in [1.54, 1.807) is 0 Å². The summed E-state index contributed by atoms with van der Waals surface area (Å²) >= 11 is 0. The first kappa shape index (κ1) is 78.4. The highest BCUT2D eigenvalue weighted by molar-refractivity contribution is 5.71. The zero-order valence-corrected chi connectivity index (χ0v) is 54.9. The van der Waals surface area contributed by atoms with E-state index in [9.17, 15) is 14.4 Å². The van der Waals surface area contributed by atoms with E-state index in [1.807, 2.05) is 0 Å². The van der Waals surface area contributed by atoms with Gasteiger partial charge in [-0.2, -0.15) is 0 Å². The summed E-state index contributed by atoms with van der Waals surface area (Å²) in [5, 5.41) is 0. The van der Waals surface area contributed by atoms with Gasteiger partial charge in [0.05, 0.1) is 0 Å². The summed E-state index contributed by atoms with van der Waals surface area (Å²) in [4.78, 5) is 38.4. The first-order chi connectivity index (χ1) is 39.5. The molecular weight excluding hydrogens is 985 g/mol. The fourth-order valence-electron chi connectivity index (χ4n) is 11.8. The van der Waals surface area contributed by atoms with E-state index in [0.717, 1.165) is 57.8 Å². The molecule has 0 aliphatic carbocycles. The van der Waals surface area contributed by atoms with Crippen LogP contribution in [0.3, 0.4) is 0 Å². The minimum atomic E-state index is -0.763. The van der Waals surface area contributed by atoms with Gasteiger partial charge in [0.15, 0.2) is 6.10 Å². The summed E-state index contributed by atoms with van der Waals surface area (Å²) in [7, 11) is 0. The van der Waals surface area contributed by atoms with Crippen LogP contribution < -0.4 is 0 Å². The molecule has 0 aromatic rings. The van der Waals surface area contributed by atoms with Crippen LogP contribution in [0.5, 0.6) is 0 Å². The van der Waals surface area contributed by atoms with Crippen molar-refractivity contribution in [2.45, 2.75) is 444 Å². The molecule has 0 heterocycles. The van der Waals surface area contributed by atoms with Gasteiger partial charge in [0, 0.05) is 19.3 Å². The van der Waals surface area contributed by atoms with Gasteiger partial charge in [0.1, 0.15) is 13.2 Å². The Balaban J connectivity index is 4.04. The normalized spacial score (nSPS) is 11.9. The highest BCUT2D eigenvalue weighted by atomic mass is 16.6. The minimum absolute atomic E-state index is 0.0603. The molecule has 0 amide bonds. The van der Waals surface area contributed by atoms with E-state index in [4.69, 9.17) is 14.2 Å². The summed E-state index contributed by atoms with van der Waals surface area (Å²) in [6.45, 7) is 6.74. The monoisotopic (exact) mass is 1130 g/mol. The van der Waals surface area contributed by atoms with E-state index in [0.29, 0.717) is 19.3 Å². The number of carbonyl (C=O) groups excluding carboxylic acids is 3. The Bertz CT molecular complexity index is 1200. The third-order valence-electron chi connectivity index (χ3n) is 17.4. The standard InChI is InChI=1S/C74H144O6/c1-4-7-10-13-16-19-22-25-27-29-30-31-32-33-34-35-36-37-38-39-40-41-42-43-44-45-47-49-52-55-58-61-64-67-73(76)79-70-71(69-78-72(75)66-63-60-57-54-51-48-24-21-18-15-12-9-6-3)80-74(77)68-65-62-59-56-53-50-46-28-26-23-20-17-14-11-8-5-2/h71H,4-70H2,1-3H3. The lowest BCUT2D eigenvalue weighted by atomic mass is 10.0. The number of unbranched alkanes of at least 4 members (excludes halogenated alkanes) is 59. The SMILES string of the molecule is CCCCCCCCCCCCCCCCCCCCCCCCCCCCCCCCCCCC(=O)OCC(COC(=O)CCCCCCCCCCCCCCC)OC(=O)CCCCCCCCCCCCCCCCCC. The largest absolute Gasteiger partial charge is 0.462 e. The zero-order valence-electron chi connectivity index (χ0n) is 54.9. The van der Waals surface area contributed by atoms with Crippen LogP contribution >= 0.6 is 0 Å². The fourth-order valence-corrected chi connectivity index (χ4v) is 11.8. The molecule has 0 saturated carbocycles. The van der Waals surface area contributed by atoms with Gasteiger partial charge in [-0.25, -0.2) is 0 Å². The molecule has 0 saturated heterocycles. The third kappa shape index (κ3) is 67.2. The molecule has 1 atom stereocenters. The van der Waals surface area contributed by atoms with Crippen LogP contribution in [0.2, 0.25) is 0 Å². The summed E-state index contributed by atoms with van der Waals surface area (Å²) in [6, 6.07) is 0. The maximum absolute atomic E-state index is 12.9. The lowest BCUT2D eigenvalue weighted by Crippen LogP contribution is -2.30. The summed E-state index contributed by atoms with van der Waals surface area (Å²) in [5.41, 5.74) is 0. The molecule has 0 aliphatic rings. The highest BCUT2D eigenvalue weighted by Crippen LogP contribution is 2.20. The van der Waals surface area contributed by atoms with Crippen LogP contribution in [-0.2, 0) is 28.6 Å². The number of ether oxygens (including phenoxy) is 3. The lowest BCUT2D eigenvalue weighted by Gasteiger charge is -2.18. The number of carbonyl (C=O) groups is 3. The molecule has 1 unspecified atom stereocenters. The minimum Gasteiger partial charge on any atom is -0.462 e. The van der Waals surface area contributed by atoms with Gasteiger partial charge in [0.25, 0.3) is 0 Å². The predicted molar refractivity (Wildman–Crippen MR) is 349 cm³/mol. The summed E-state index contributed by atoms with van der Waals surface area (Å²) < 4.78 is 17.0. The number of hydrogen-bond acceptors (Lipinski definition) is 6. The molecule has 80 heavy (non-hydrogen) atoms. The Morgan fingerprint density at radius 3 is 0.500 bits per heavy atom. The van der Waals surface area contributed by atoms with Gasteiger partial charge < -0.3 is 14.2 Å². The molecule has 0 aromatic heterocycles. The van der Waals surface area contributed by atoms with Crippen LogP contribution in [0, 0.1) is 0 Å². The fraction of sp³-hybridized carbons (Fsp3) is 0.959. The Hall–Kier alpha value is -1.59. The van der Waals surface area contributed by atoms with Crippen LogP contribution in [0.4, 0.5) is 0 Å². The predicted octanol–water partition coefficient (Wildman–Crippen LogP) is 25.4. The van der Waals surface area contributed by atoms with Crippen LogP contribution in [0.15, 0.2) is 0 Å². The smallest absolute Gasteiger partial charge is 0.306 e. The van der Waals surface area contributed by atoms with Crippen molar-refractivity contribution < 1.29 is 28.6 Å². The van der Waals surface area contributed by atoms with Crippen molar-refractivity contribution in [1.29, 1.82) is 0 Å². The topological polar surface area (TPSA) is 78.9 Å². The van der Waals surface area contributed by atoms with Crippen molar-refractivity contribution in [2.75, 3.05) is 13.2 Å². The summed E-state index contributed by atoms with van der Waals surface area (Å²) in [6.07, 6.45) is 83.0. The number of hydrogen-bond donors (Lipinski definition) is 0. The maximum Gasteiger partial charge on any atom is 0.306 e. The van der Waals surface area contributed by atoms with Gasteiger partial charge in [-0.1, -0.05) is 400 Å². The molecule has 0 bridgehead atoms. The van der Waals surface area contributed by atoms with E-state index in [1.165, 1.54) is 340 Å². The van der Waals surface area contributed by atoms with Crippen LogP contribution in [0.25, 0.3) is 0 Å². The van der Waals surface area contributed by atoms with E-state index >= 15 is 0 Å². The Labute approximate surface area is 501 Å². The molecule has 0 N–H and O–H groups in total. The molecule has 0 aromatic carbocycles. The van der Waals surface area contributed by atoms with Crippen molar-refractivity contribution in [3.8, 4) is 0 Å². The van der Waals surface area contributed by atoms with Gasteiger partial charge in [-0.15, -0.1) is 0 Å². The Morgan fingerprint density at radius 2 is 0.338 bits per heavy atom. The van der Waals surface area contributed by atoms with Crippen molar-refractivity contribution >= 4 is 17.9 Å². The summed E-state index contributed by atoms with van der Waals surface area (Å²) in [5.74, 6) is -0.821. The third-order valence-corrected chi connectivity index (χ3v) is 17.4. The second-order valence-electron chi connectivity index (χ2n) is 25.6. The van der Waals surface area contributed by atoms with Crippen molar-refractivity contribution in [2.24, 2.45) is 0 Å². The van der Waals surface area contributed by atoms with Gasteiger partial charge in [-0.3, -0.25) is 14.4 Å². The van der Waals surface area contributed by atoms with Gasteiger partial charge >= 0.3 is 17.9 Å². The quantitative estimate of drug-likeness (QED) is 0.0343. The molecule has 0 fully saturated rings. The molecule has 0 aliphatic heterocycles. The Morgan fingerprint density at radius 1 is 0.200 bits per heavy atom. The molecule has 6 heteroatoms. The van der Waals surface area contributed by atoms with Crippen LogP contribution in [-0.4, -0.2) is 37.2 Å². The second-order valence-corrected chi connectivity index (χ2v) is 25.6. The number of esters is 3. The van der Waals surface area contributed by atoms with E-state index in [2.05, 4.69) is 20.8 Å². The lowest BCUT2D eigenvalue weighted by molar-refractivity contribution is -0.167. The molecule has 6 nitrogen and oxygen atoms in total. The van der Waals surface area contributed by atoms with Gasteiger partial charge in [-0.05, 0) is 19.3 Å². The molecule has 0 spiro atoms. The highest BCUT2D eigenvalue weighted by Gasteiger charge is 2.20. The second kappa shape index (κ2) is 69.9. The average Bonchev–Trinajstić information content (AvgIpc) is 3.46. The first-order valence-corrected chi connectivity index (χ1v) is 37.0. The molecule has 0 radical (unpaired) electrons. The average molecular weight is 1130 g/mol. The van der Waals surface area contributed by atoms with Crippen molar-refractivity contribution in [3.05, 3.63) is 0 Å². The molecular formula is C74H144O6. The molecule has 476 valence electrons. The van der Waals surface area contributed by atoms with E-state index < -0.39 is 6.10 Å². The first-order valence-electron chi connectivity index (χ1n) is 37.0. The van der Waals surface area contributed by atoms with E-state index in [-0.39, 0.29) is 31.1 Å². The van der Waals surface area contributed by atoms with Crippen molar-refractivity contribution in [1.82, 2.24) is 0 Å². The zero-order chi connectivity index (χ0) is 57.8.